The summed E-state index contributed by atoms with van der Waals surface area (Å²) < 4.78 is 5.77. The fraction of sp³-hybridized carbons (Fsp3) is 0.278. The molecule has 0 saturated heterocycles. The van der Waals surface area contributed by atoms with E-state index >= 15 is 0 Å². The maximum Gasteiger partial charge on any atom is 0.167 e. The molecule has 0 saturated carbocycles. The number of nitrogens with zero attached hydrogens (tertiary/aromatic N) is 3. The van der Waals surface area contributed by atoms with Gasteiger partial charge in [0.05, 0.1) is 12.2 Å². The minimum absolute atomic E-state index is 0.465. The molecule has 0 unspecified atom stereocenters. The van der Waals surface area contributed by atoms with Crippen molar-refractivity contribution in [2.24, 2.45) is 0 Å². The molecule has 2 heterocycles. The van der Waals surface area contributed by atoms with E-state index in [9.17, 15) is 5.26 Å². The molecule has 2 aromatic heterocycles. The summed E-state index contributed by atoms with van der Waals surface area (Å²) >= 11 is 0. The van der Waals surface area contributed by atoms with Crippen LogP contribution in [0.2, 0.25) is 0 Å². The van der Waals surface area contributed by atoms with Gasteiger partial charge in [-0.05, 0) is 30.5 Å². The number of furan rings is 1. The molecule has 0 radical (unpaired) electrons. The van der Waals surface area contributed by atoms with Gasteiger partial charge in [0, 0.05) is 5.39 Å². The van der Waals surface area contributed by atoms with Crippen LogP contribution in [0.15, 0.2) is 34.7 Å². The van der Waals surface area contributed by atoms with Crippen LogP contribution in [0.1, 0.15) is 36.4 Å². The van der Waals surface area contributed by atoms with Gasteiger partial charge in [-0.2, -0.15) is 10.4 Å². The zero-order valence-electron chi connectivity index (χ0n) is 13.3. The summed E-state index contributed by atoms with van der Waals surface area (Å²) in [7, 11) is 0. The molecule has 1 N–H and O–H groups in total. The van der Waals surface area contributed by atoms with Gasteiger partial charge in [0.15, 0.2) is 5.82 Å². The third-order valence-electron chi connectivity index (χ3n) is 3.86. The van der Waals surface area contributed by atoms with Crippen LogP contribution >= 0.6 is 0 Å². The Labute approximate surface area is 135 Å². The van der Waals surface area contributed by atoms with Gasteiger partial charge in [0.25, 0.3) is 0 Å². The Morgan fingerprint density at radius 1 is 1.17 bits per heavy atom. The highest BCUT2D eigenvalue weighted by Crippen LogP contribution is 2.22. The summed E-state index contributed by atoms with van der Waals surface area (Å²) in [4.78, 5) is 0. The van der Waals surface area contributed by atoms with Crippen LogP contribution < -0.4 is 5.32 Å². The topological polar surface area (TPSA) is 74.7 Å². The van der Waals surface area contributed by atoms with E-state index in [4.69, 9.17) is 4.42 Å². The number of aryl methyl sites for hydroxylation is 1. The molecule has 3 rings (SSSR count). The van der Waals surface area contributed by atoms with E-state index in [1.54, 1.807) is 0 Å². The number of anilines is 1. The quantitative estimate of drug-likeness (QED) is 0.775. The summed E-state index contributed by atoms with van der Waals surface area (Å²) in [5.41, 5.74) is 3.29. The van der Waals surface area contributed by atoms with Crippen molar-refractivity contribution in [1.82, 2.24) is 10.2 Å². The van der Waals surface area contributed by atoms with Gasteiger partial charge in [-0.25, -0.2) is 0 Å². The maximum absolute atomic E-state index is 9.48. The van der Waals surface area contributed by atoms with E-state index < -0.39 is 0 Å². The Morgan fingerprint density at radius 3 is 2.70 bits per heavy atom. The van der Waals surface area contributed by atoms with Crippen LogP contribution in [0, 0.1) is 11.3 Å². The largest absolute Gasteiger partial charge is 0.459 e. The molecule has 116 valence electrons. The van der Waals surface area contributed by atoms with Crippen LogP contribution in [-0.2, 0) is 19.4 Å². The number of benzene rings is 1. The van der Waals surface area contributed by atoms with Crippen molar-refractivity contribution in [1.29, 1.82) is 5.26 Å². The monoisotopic (exact) mass is 306 g/mol. The van der Waals surface area contributed by atoms with Crippen molar-refractivity contribution in [3.05, 3.63) is 52.9 Å². The van der Waals surface area contributed by atoms with Crippen molar-refractivity contribution >= 4 is 16.8 Å². The van der Waals surface area contributed by atoms with Gasteiger partial charge in [0.2, 0.25) is 0 Å². The SMILES string of the molecule is CCc1nnc(NCc2cc3ccccc3o2)c(C#N)c1CC. The Morgan fingerprint density at radius 2 is 2.00 bits per heavy atom. The molecular weight excluding hydrogens is 288 g/mol. The Balaban J connectivity index is 1.86. The molecule has 0 aliphatic rings. The number of para-hydroxylation sites is 1. The Hall–Kier alpha value is -2.87. The minimum atomic E-state index is 0.465. The number of fused-ring (bicyclic) bond motifs is 1. The first-order valence-electron chi connectivity index (χ1n) is 7.76. The van der Waals surface area contributed by atoms with Gasteiger partial charge in [-0.15, -0.1) is 5.10 Å². The predicted molar refractivity (Wildman–Crippen MR) is 89.0 cm³/mol. The lowest BCUT2D eigenvalue weighted by Crippen LogP contribution is -2.09. The van der Waals surface area contributed by atoms with Gasteiger partial charge in [-0.3, -0.25) is 0 Å². The molecule has 0 aliphatic heterocycles. The van der Waals surface area contributed by atoms with Crippen LogP contribution in [0.5, 0.6) is 0 Å². The summed E-state index contributed by atoms with van der Waals surface area (Å²) in [5.74, 6) is 1.32. The molecule has 0 bridgehead atoms. The van der Waals surface area contributed by atoms with E-state index in [0.29, 0.717) is 17.9 Å². The molecule has 0 amide bonds. The molecule has 5 heteroatoms. The Bertz CT molecular complexity index is 843. The first kappa shape index (κ1) is 15.0. The summed E-state index contributed by atoms with van der Waals surface area (Å²) in [5, 5.41) is 22.1. The highest BCUT2D eigenvalue weighted by atomic mass is 16.3. The smallest absolute Gasteiger partial charge is 0.167 e. The summed E-state index contributed by atoms with van der Waals surface area (Å²) in [6, 6.07) is 12.1. The highest BCUT2D eigenvalue weighted by molar-refractivity contribution is 5.77. The van der Waals surface area contributed by atoms with Crippen LogP contribution in [0.3, 0.4) is 0 Å². The van der Waals surface area contributed by atoms with Crippen LogP contribution in [0.4, 0.5) is 5.82 Å². The van der Waals surface area contributed by atoms with Gasteiger partial charge < -0.3 is 9.73 Å². The molecule has 0 fully saturated rings. The number of nitriles is 1. The molecule has 5 nitrogen and oxygen atoms in total. The third kappa shape index (κ3) is 2.88. The van der Waals surface area contributed by atoms with Crippen molar-refractivity contribution < 1.29 is 4.42 Å². The van der Waals surface area contributed by atoms with Gasteiger partial charge in [0.1, 0.15) is 23.0 Å². The van der Waals surface area contributed by atoms with E-state index in [0.717, 1.165) is 40.8 Å². The molecule has 0 atom stereocenters. The second kappa shape index (κ2) is 6.49. The Kier molecular flexibility index (Phi) is 4.24. The average Bonchev–Trinajstić information content (AvgIpc) is 3.01. The fourth-order valence-electron chi connectivity index (χ4n) is 2.71. The number of hydrogen-bond donors (Lipinski definition) is 1. The average molecular weight is 306 g/mol. The molecular formula is C18H18N4O. The van der Waals surface area contributed by atoms with Crippen molar-refractivity contribution in [2.45, 2.75) is 33.2 Å². The van der Waals surface area contributed by atoms with Crippen LogP contribution in [0.25, 0.3) is 11.0 Å². The third-order valence-corrected chi connectivity index (χ3v) is 3.86. The van der Waals surface area contributed by atoms with E-state index in [1.165, 1.54) is 0 Å². The lowest BCUT2D eigenvalue weighted by atomic mass is 10.0. The van der Waals surface area contributed by atoms with E-state index in [1.807, 2.05) is 44.2 Å². The van der Waals surface area contributed by atoms with Crippen molar-refractivity contribution in [3.8, 4) is 6.07 Å². The normalized spacial score (nSPS) is 10.7. The summed E-state index contributed by atoms with van der Waals surface area (Å²) in [6.07, 6.45) is 1.54. The van der Waals surface area contributed by atoms with Crippen LogP contribution in [-0.4, -0.2) is 10.2 Å². The molecule has 23 heavy (non-hydrogen) atoms. The zero-order chi connectivity index (χ0) is 16.2. The number of aromatic nitrogens is 2. The summed E-state index contributed by atoms with van der Waals surface area (Å²) in [6.45, 7) is 4.51. The lowest BCUT2D eigenvalue weighted by Gasteiger charge is -2.11. The van der Waals surface area contributed by atoms with Crippen molar-refractivity contribution in [3.63, 3.8) is 0 Å². The first-order valence-corrected chi connectivity index (χ1v) is 7.76. The van der Waals surface area contributed by atoms with Gasteiger partial charge in [-0.1, -0.05) is 32.0 Å². The molecule has 1 aromatic carbocycles. The number of hydrogen-bond acceptors (Lipinski definition) is 5. The number of rotatable bonds is 5. The lowest BCUT2D eigenvalue weighted by molar-refractivity contribution is 0.559. The second-order valence-corrected chi connectivity index (χ2v) is 5.27. The number of nitrogens with one attached hydrogen (secondary N) is 1. The minimum Gasteiger partial charge on any atom is -0.459 e. The fourth-order valence-corrected chi connectivity index (χ4v) is 2.71. The zero-order valence-corrected chi connectivity index (χ0v) is 13.3. The van der Waals surface area contributed by atoms with E-state index in [2.05, 4.69) is 21.6 Å². The highest BCUT2D eigenvalue weighted by Gasteiger charge is 2.14. The second-order valence-electron chi connectivity index (χ2n) is 5.27. The predicted octanol–water partition coefficient (Wildman–Crippen LogP) is 3.83. The first-order chi connectivity index (χ1) is 11.3. The van der Waals surface area contributed by atoms with Crippen molar-refractivity contribution in [2.75, 3.05) is 5.32 Å². The standard InChI is InChI=1S/C18H18N4O/c1-3-14-15(10-19)18(22-21-16(14)4-2)20-11-13-9-12-7-5-6-8-17(12)23-13/h5-9H,3-4,11H2,1-2H3,(H,20,22). The molecule has 3 aromatic rings. The molecule has 0 aliphatic carbocycles. The van der Waals surface area contributed by atoms with E-state index in [-0.39, 0.29) is 0 Å². The van der Waals surface area contributed by atoms with Gasteiger partial charge >= 0.3 is 0 Å². The molecule has 0 spiro atoms. The maximum atomic E-state index is 9.48.